The third-order valence-electron chi connectivity index (χ3n) is 3.09. The molecule has 0 spiro atoms. The summed E-state index contributed by atoms with van der Waals surface area (Å²) in [6.07, 6.45) is 3.82. The number of hydrogen-bond donors (Lipinski definition) is 0. The normalized spacial score (nSPS) is 12.3. The van der Waals surface area contributed by atoms with E-state index in [0.717, 1.165) is 16.8 Å². The molecule has 3 rings (SSSR count). The third kappa shape index (κ3) is 3.31. The van der Waals surface area contributed by atoms with Crippen LogP contribution in [0.2, 0.25) is 10.0 Å². The van der Waals surface area contributed by atoms with E-state index >= 15 is 0 Å². The molecule has 0 saturated carbocycles. The first kappa shape index (κ1) is 14.6. The molecule has 0 bridgehead atoms. The molecule has 1 heterocycles. The second kappa shape index (κ2) is 6.22. The van der Waals surface area contributed by atoms with E-state index in [2.05, 4.69) is 21.0 Å². The van der Waals surface area contributed by atoms with Crippen LogP contribution in [0.4, 0.5) is 0 Å². The smallest absolute Gasteiger partial charge is 0.0676 e. The summed E-state index contributed by atoms with van der Waals surface area (Å²) in [6, 6.07) is 15.5. The number of nitrogens with zero attached hydrogens (tertiary/aromatic N) is 2. The van der Waals surface area contributed by atoms with Gasteiger partial charge in [0.05, 0.1) is 16.7 Å². The molecule has 0 fully saturated rings. The highest BCUT2D eigenvalue weighted by molar-refractivity contribution is 9.09. The molecular weight excluding hydrogens is 371 g/mol. The van der Waals surface area contributed by atoms with Crippen LogP contribution in [-0.2, 0) is 0 Å². The zero-order valence-corrected chi connectivity index (χ0v) is 14.0. The largest absolute Gasteiger partial charge is 0.241 e. The van der Waals surface area contributed by atoms with E-state index in [0.29, 0.717) is 10.0 Å². The van der Waals surface area contributed by atoms with Gasteiger partial charge in [0.1, 0.15) is 0 Å². The average Bonchev–Trinajstić information content (AvgIpc) is 2.96. The number of benzene rings is 2. The summed E-state index contributed by atoms with van der Waals surface area (Å²) in [5.74, 6) is 0. The standard InChI is InChI=1S/C16H11BrCl2N2/c17-16(11-6-13(18)8-14(19)7-11)12-9-20-21(10-12)15-4-2-1-3-5-15/h1-10,16H. The Morgan fingerprint density at radius 1 is 0.952 bits per heavy atom. The van der Waals surface area contributed by atoms with Gasteiger partial charge in [-0.05, 0) is 35.9 Å². The molecular formula is C16H11BrCl2N2. The van der Waals surface area contributed by atoms with Gasteiger partial charge in [-0.1, -0.05) is 57.3 Å². The predicted molar refractivity (Wildman–Crippen MR) is 90.8 cm³/mol. The van der Waals surface area contributed by atoms with Crippen molar-refractivity contribution in [1.29, 1.82) is 0 Å². The summed E-state index contributed by atoms with van der Waals surface area (Å²) in [5.41, 5.74) is 3.06. The first-order valence-corrected chi connectivity index (χ1v) is 8.01. The van der Waals surface area contributed by atoms with E-state index in [1.165, 1.54) is 0 Å². The molecule has 1 atom stereocenters. The van der Waals surface area contributed by atoms with E-state index in [1.807, 2.05) is 59.5 Å². The van der Waals surface area contributed by atoms with Crippen molar-refractivity contribution < 1.29 is 0 Å². The predicted octanol–water partition coefficient (Wildman–Crippen LogP) is 5.66. The summed E-state index contributed by atoms with van der Waals surface area (Å²) < 4.78 is 1.84. The summed E-state index contributed by atoms with van der Waals surface area (Å²) in [4.78, 5) is -0.00818. The van der Waals surface area contributed by atoms with E-state index in [4.69, 9.17) is 23.2 Å². The molecule has 1 aromatic heterocycles. The molecule has 0 N–H and O–H groups in total. The van der Waals surface area contributed by atoms with Gasteiger partial charge >= 0.3 is 0 Å². The monoisotopic (exact) mass is 380 g/mol. The maximum Gasteiger partial charge on any atom is 0.0676 e. The molecule has 21 heavy (non-hydrogen) atoms. The minimum Gasteiger partial charge on any atom is -0.241 e. The number of alkyl halides is 1. The molecule has 1 unspecified atom stereocenters. The Hall–Kier alpha value is -1.29. The fourth-order valence-corrected chi connectivity index (χ4v) is 3.15. The van der Waals surface area contributed by atoms with E-state index in [-0.39, 0.29) is 4.83 Å². The van der Waals surface area contributed by atoms with Crippen molar-refractivity contribution in [3.63, 3.8) is 0 Å². The van der Waals surface area contributed by atoms with Gasteiger partial charge in [0.15, 0.2) is 0 Å². The van der Waals surface area contributed by atoms with Crippen LogP contribution in [0.1, 0.15) is 16.0 Å². The number of hydrogen-bond acceptors (Lipinski definition) is 1. The van der Waals surface area contributed by atoms with Gasteiger partial charge in [0.2, 0.25) is 0 Å². The molecule has 106 valence electrons. The molecule has 0 aliphatic rings. The summed E-state index contributed by atoms with van der Waals surface area (Å²) in [5, 5.41) is 5.64. The molecule has 0 saturated heterocycles. The maximum absolute atomic E-state index is 6.06. The van der Waals surface area contributed by atoms with Gasteiger partial charge in [-0.2, -0.15) is 5.10 Å². The van der Waals surface area contributed by atoms with Crippen LogP contribution in [0.15, 0.2) is 60.9 Å². The van der Waals surface area contributed by atoms with E-state index in [9.17, 15) is 0 Å². The van der Waals surface area contributed by atoms with Crippen molar-refractivity contribution in [2.75, 3.05) is 0 Å². The molecule has 3 aromatic rings. The van der Waals surface area contributed by atoms with Crippen LogP contribution in [0.25, 0.3) is 5.69 Å². The molecule has 2 aromatic carbocycles. The molecule has 5 heteroatoms. The highest BCUT2D eigenvalue weighted by Crippen LogP contribution is 2.34. The van der Waals surface area contributed by atoms with Gasteiger partial charge in [-0.25, -0.2) is 4.68 Å². The number of halogens is 3. The van der Waals surface area contributed by atoms with Gasteiger partial charge < -0.3 is 0 Å². The number of rotatable bonds is 3. The Morgan fingerprint density at radius 2 is 1.62 bits per heavy atom. The maximum atomic E-state index is 6.06. The Labute approximate surface area is 141 Å². The van der Waals surface area contributed by atoms with Crippen molar-refractivity contribution in [2.24, 2.45) is 0 Å². The highest BCUT2D eigenvalue weighted by Gasteiger charge is 2.14. The summed E-state index contributed by atoms with van der Waals surface area (Å²) >= 11 is 15.8. The zero-order chi connectivity index (χ0) is 14.8. The highest BCUT2D eigenvalue weighted by atomic mass is 79.9. The Balaban J connectivity index is 1.92. The summed E-state index contributed by atoms with van der Waals surface area (Å²) in [6.45, 7) is 0. The van der Waals surface area contributed by atoms with Crippen LogP contribution < -0.4 is 0 Å². The van der Waals surface area contributed by atoms with E-state index < -0.39 is 0 Å². The SMILES string of the molecule is Clc1cc(Cl)cc(C(Br)c2cnn(-c3ccccc3)c2)c1. The minimum atomic E-state index is -0.00818. The van der Waals surface area contributed by atoms with Crippen LogP contribution in [0.5, 0.6) is 0 Å². The lowest BCUT2D eigenvalue weighted by Crippen LogP contribution is -1.94. The third-order valence-corrected chi connectivity index (χ3v) is 4.59. The Bertz CT molecular complexity index is 736. The van der Waals surface area contributed by atoms with Gasteiger partial charge in [0, 0.05) is 21.8 Å². The van der Waals surface area contributed by atoms with Crippen molar-refractivity contribution in [2.45, 2.75) is 4.83 Å². The van der Waals surface area contributed by atoms with Gasteiger partial charge in [0.25, 0.3) is 0 Å². The first-order chi connectivity index (χ1) is 10.1. The van der Waals surface area contributed by atoms with E-state index in [1.54, 1.807) is 6.07 Å². The van der Waals surface area contributed by atoms with Crippen molar-refractivity contribution >= 4 is 39.1 Å². The Morgan fingerprint density at radius 3 is 2.29 bits per heavy atom. The molecule has 0 aliphatic heterocycles. The quantitative estimate of drug-likeness (QED) is 0.535. The van der Waals surface area contributed by atoms with Gasteiger partial charge in [-0.3, -0.25) is 0 Å². The topological polar surface area (TPSA) is 17.8 Å². The lowest BCUT2D eigenvalue weighted by atomic mass is 10.1. The number of para-hydroxylation sites is 1. The van der Waals surface area contributed by atoms with Crippen molar-refractivity contribution in [3.8, 4) is 5.69 Å². The Kier molecular flexibility index (Phi) is 4.34. The second-order valence-electron chi connectivity index (χ2n) is 4.62. The van der Waals surface area contributed by atoms with Crippen LogP contribution in [0.3, 0.4) is 0 Å². The van der Waals surface area contributed by atoms with Crippen molar-refractivity contribution in [1.82, 2.24) is 9.78 Å². The number of aromatic nitrogens is 2. The second-order valence-corrected chi connectivity index (χ2v) is 6.41. The fraction of sp³-hybridized carbons (Fsp3) is 0.0625. The first-order valence-electron chi connectivity index (χ1n) is 6.33. The average molecular weight is 382 g/mol. The summed E-state index contributed by atoms with van der Waals surface area (Å²) in [7, 11) is 0. The van der Waals surface area contributed by atoms with Crippen LogP contribution >= 0.6 is 39.1 Å². The molecule has 0 amide bonds. The molecule has 0 radical (unpaired) electrons. The van der Waals surface area contributed by atoms with Gasteiger partial charge in [-0.15, -0.1) is 0 Å². The molecule has 2 nitrogen and oxygen atoms in total. The van der Waals surface area contributed by atoms with Crippen molar-refractivity contribution in [3.05, 3.63) is 82.1 Å². The van der Waals surface area contributed by atoms with Crippen LogP contribution in [0, 0.1) is 0 Å². The fourth-order valence-electron chi connectivity index (χ4n) is 2.10. The zero-order valence-electron chi connectivity index (χ0n) is 10.9. The minimum absolute atomic E-state index is 0.00818. The lowest BCUT2D eigenvalue weighted by molar-refractivity contribution is 0.880. The lowest BCUT2D eigenvalue weighted by Gasteiger charge is -2.09. The van der Waals surface area contributed by atoms with Crippen LogP contribution in [-0.4, -0.2) is 9.78 Å². The molecule has 0 aliphatic carbocycles.